The summed E-state index contributed by atoms with van der Waals surface area (Å²) < 4.78 is 0. The van der Waals surface area contributed by atoms with E-state index < -0.39 is 5.97 Å². The zero-order valence-corrected chi connectivity index (χ0v) is 12.6. The summed E-state index contributed by atoms with van der Waals surface area (Å²) in [6, 6.07) is 11.4. The normalized spacial score (nSPS) is 10.7. The first-order chi connectivity index (χ1) is 9.95. The van der Waals surface area contributed by atoms with Crippen molar-refractivity contribution in [1.29, 1.82) is 0 Å². The Hall–Kier alpha value is -2.36. The van der Waals surface area contributed by atoms with Crippen LogP contribution in [0.4, 0.5) is 5.82 Å². The molecule has 21 heavy (non-hydrogen) atoms. The summed E-state index contributed by atoms with van der Waals surface area (Å²) in [6.07, 6.45) is 0. The van der Waals surface area contributed by atoms with Gasteiger partial charge in [0, 0.05) is 12.2 Å². The highest BCUT2D eigenvalue weighted by atomic mass is 16.4. The third kappa shape index (κ3) is 4.05. The summed E-state index contributed by atoms with van der Waals surface area (Å²) in [7, 11) is 0. The second kappa shape index (κ2) is 6.39. The van der Waals surface area contributed by atoms with Gasteiger partial charge in [0.15, 0.2) is 0 Å². The molecule has 0 unspecified atom stereocenters. The Morgan fingerprint density at radius 2 is 1.90 bits per heavy atom. The van der Waals surface area contributed by atoms with Crippen molar-refractivity contribution in [2.45, 2.75) is 33.2 Å². The molecule has 0 atom stereocenters. The van der Waals surface area contributed by atoms with E-state index in [-0.39, 0.29) is 11.5 Å². The molecule has 2 N–H and O–H groups in total. The quantitative estimate of drug-likeness (QED) is 0.876. The van der Waals surface area contributed by atoms with Crippen LogP contribution in [0.2, 0.25) is 0 Å². The highest BCUT2D eigenvalue weighted by Crippen LogP contribution is 2.18. The minimum atomic E-state index is -0.933. The molecule has 110 valence electrons. The van der Waals surface area contributed by atoms with Crippen LogP contribution in [0.3, 0.4) is 0 Å². The molecular formula is C17H20N2O2. The third-order valence-corrected chi connectivity index (χ3v) is 3.28. The number of rotatable bonds is 5. The van der Waals surface area contributed by atoms with E-state index >= 15 is 0 Å². The Labute approximate surface area is 124 Å². The smallest absolute Gasteiger partial charge is 0.335 e. The number of hydrogen-bond donors (Lipinski definition) is 2. The van der Waals surface area contributed by atoms with Crippen molar-refractivity contribution in [3.63, 3.8) is 0 Å². The van der Waals surface area contributed by atoms with Crippen LogP contribution >= 0.6 is 0 Å². The number of carboxylic acids is 1. The van der Waals surface area contributed by atoms with Crippen LogP contribution in [-0.4, -0.2) is 16.1 Å². The van der Waals surface area contributed by atoms with E-state index in [1.54, 1.807) is 12.1 Å². The molecule has 1 aromatic heterocycles. The number of aromatic carboxylic acids is 1. The lowest BCUT2D eigenvalue weighted by molar-refractivity contribution is 0.0696. The Morgan fingerprint density at radius 3 is 2.48 bits per heavy atom. The van der Waals surface area contributed by atoms with Gasteiger partial charge in [-0.25, -0.2) is 9.78 Å². The van der Waals surface area contributed by atoms with Gasteiger partial charge in [-0.1, -0.05) is 43.7 Å². The average molecular weight is 284 g/mol. The largest absolute Gasteiger partial charge is 0.478 e. The van der Waals surface area contributed by atoms with Crippen LogP contribution in [0.1, 0.15) is 46.9 Å². The zero-order chi connectivity index (χ0) is 15.4. The number of pyridine rings is 1. The average Bonchev–Trinajstić information content (AvgIpc) is 2.46. The van der Waals surface area contributed by atoms with Gasteiger partial charge in [-0.3, -0.25) is 0 Å². The summed E-state index contributed by atoms with van der Waals surface area (Å²) in [5.41, 5.74) is 3.39. The monoisotopic (exact) mass is 284 g/mol. The lowest BCUT2D eigenvalue weighted by Crippen LogP contribution is -2.07. The lowest BCUT2D eigenvalue weighted by atomic mass is 10.1. The van der Waals surface area contributed by atoms with E-state index in [9.17, 15) is 9.90 Å². The van der Waals surface area contributed by atoms with Gasteiger partial charge >= 0.3 is 5.97 Å². The van der Waals surface area contributed by atoms with Gasteiger partial charge in [-0.15, -0.1) is 0 Å². The van der Waals surface area contributed by atoms with Crippen LogP contribution in [0.25, 0.3) is 0 Å². The number of benzene rings is 1. The number of nitrogens with one attached hydrogen (secondary N) is 1. The van der Waals surface area contributed by atoms with Crippen molar-refractivity contribution in [2.24, 2.45) is 0 Å². The highest BCUT2D eigenvalue weighted by Gasteiger charge is 2.10. The molecule has 2 rings (SSSR count). The zero-order valence-electron chi connectivity index (χ0n) is 12.6. The fraction of sp³-hybridized carbons (Fsp3) is 0.294. The standard InChI is InChI=1S/C17H20N2O2/c1-11(2)15-8-14(17(20)21)9-16(19-15)18-10-13-6-4-12(3)5-7-13/h4-9,11H,10H2,1-3H3,(H,18,19)(H,20,21). The number of carboxylic acid groups (broad SMARTS) is 1. The molecule has 1 aromatic carbocycles. The summed E-state index contributed by atoms with van der Waals surface area (Å²) in [6.45, 7) is 6.66. The van der Waals surface area contributed by atoms with Crippen molar-refractivity contribution in [2.75, 3.05) is 5.32 Å². The van der Waals surface area contributed by atoms with Gasteiger partial charge in [-0.05, 0) is 30.5 Å². The molecular weight excluding hydrogens is 264 g/mol. The van der Waals surface area contributed by atoms with Gasteiger partial charge in [-0.2, -0.15) is 0 Å². The van der Waals surface area contributed by atoms with E-state index in [0.717, 1.165) is 11.3 Å². The fourth-order valence-corrected chi connectivity index (χ4v) is 1.96. The maximum Gasteiger partial charge on any atom is 0.335 e. The summed E-state index contributed by atoms with van der Waals surface area (Å²) in [4.78, 5) is 15.7. The van der Waals surface area contributed by atoms with E-state index in [1.807, 2.05) is 32.9 Å². The lowest BCUT2D eigenvalue weighted by Gasteiger charge is -2.11. The molecule has 0 saturated carbocycles. The molecule has 0 fully saturated rings. The molecule has 0 aliphatic carbocycles. The second-order valence-corrected chi connectivity index (χ2v) is 5.46. The van der Waals surface area contributed by atoms with Crippen molar-refractivity contribution >= 4 is 11.8 Å². The Morgan fingerprint density at radius 1 is 1.24 bits per heavy atom. The molecule has 4 heteroatoms. The number of anilines is 1. The molecule has 0 aliphatic rings. The van der Waals surface area contributed by atoms with E-state index in [1.165, 1.54) is 5.56 Å². The van der Waals surface area contributed by atoms with Crippen LogP contribution in [0, 0.1) is 6.92 Å². The van der Waals surface area contributed by atoms with Gasteiger partial charge in [0.2, 0.25) is 0 Å². The fourth-order valence-electron chi connectivity index (χ4n) is 1.96. The third-order valence-electron chi connectivity index (χ3n) is 3.28. The first kappa shape index (κ1) is 15.0. The first-order valence-corrected chi connectivity index (χ1v) is 7.00. The number of carbonyl (C=O) groups is 1. The van der Waals surface area contributed by atoms with Gasteiger partial charge < -0.3 is 10.4 Å². The van der Waals surface area contributed by atoms with Crippen LogP contribution in [-0.2, 0) is 6.54 Å². The first-order valence-electron chi connectivity index (χ1n) is 7.00. The van der Waals surface area contributed by atoms with Crippen molar-refractivity contribution in [3.05, 3.63) is 58.8 Å². The molecule has 0 radical (unpaired) electrons. The maximum atomic E-state index is 11.2. The molecule has 4 nitrogen and oxygen atoms in total. The van der Waals surface area contributed by atoms with Gasteiger partial charge in [0.25, 0.3) is 0 Å². The molecule has 1 heterocycles. The predicted octanol–water partition coefficient (Wildman–Crippen LogP) is 3.82. The Kier molecular flexibility index (Phi) is 4.58. The van der Waals surface area contributed by atoms with Crippen molar-refractivity contribution in [1.82, 2.24) is 4.98 Å². The Balaban J connectivity index is 2.18. The summed E-state index contributed by atoms with van der Waals surface area (Å²) in [5.74, 6) is -0.152. The highest BCUT2D eigenvalue weighted by molar-refractivity contribution is 5.88. The molecule has 2 aromatic rings. The van der Waals surface area contributed by atoms with E-state index in [0.29, 0.717) is 12.4 Å². The second-order valence-electron chi connectivity index (χ2n) is 5.46. The number of aryl methyl sites for hydroxylation is 1. The Bertz CT molecular complexity index is 634. The van der Waals surface area contributed by atoms with Crippen molar-refractivity contribution in [3.8, 4) is 0 Å². The molecule has 0 bridgehead atoms. The van der Waals surface area contributed by atoms with E-state index in [4.69, 9.17) is 0 Å². The van der Waals surface area contributed by atoms with Crippen LogP contribution in [0.15, 0.2) is 36.4 Å². The topological polar surface area (TPSA) is 62.2 Å². The van der Waals surface area contributed by atoms with Crippen LogP contribution < -0.4 is 5.32 Å². The summed E-state index contributed by atoms with van der Waals surface area (Å²) in [5, 5.41) is 12.4. The van der Waals surface area contributed by atoms with Crippen LogP contribution in [0.5, 0.6) is 0 Å². The molecule has 0 amide bonds. The predicted molar refractivity (Wildman–Crippen MR) is 83.8 cm³/mol. The van der Waals surface area contributed by atoms with Crippen molar-refractivity contribution < 1.29 is 9.90 Å². The SMILES string of the molecule is Cc1ccc(CNc2cc(C(=O)O)cc(C(C)C)n2)cc1. The summed E-state index contributed by atoms with van der Waals surface area (Å²) >= 11 is 0. The van der Waals surface area contributed by atoms with Gasteiger partial charge in [0.05, 0.1) is 5.56 Å². The minimum Gasteiger partial charge on any atom is -0.478 e. The number of hydrogen-bond acceptors (Lipinski definition) is 3. The minimum absolute atomic E-state index is 0.184. The molecule has 0 spiro atoms. The maximum absolute atomic E-state index is 11.2. The van der Waals surface area contributed by atoms with Gasteiger partial charge in [0.1, 0.15) is 5.82 Å². The number of aromatic nitrogens is 1. The molecule has 0 aliphatic heterocycles. The van der Waals surface area contributed by atoms with E-state index in [2.05, 4.69) is 22.4 Å². The number of nitrogens with zero attached hydrogens (tertiary/aromatic N) is 1. The molecule has 0 saturated heterocycles.